The third-order valence-electron chi connectivity index (χ3n) is 3.18. The smallest absolute Gasteiger partial charge is 0.107 e. The van der Waals surface area contributed by atoms with Gasteiger partial charge in [-0.15, -0.1) is 11.3 Å². The van der Waals surface area contributed by atoms with Crippen molar-refractivity contribution in [3.63, 3.8) is 0 Å². The Bertz CT molecular complexity index is 511. The summed E-state index contributed by atoms with van der Waals surface area (Å²) in [6, 6.07) is 10.9. The van der Waals surface area contributed by atoms with Gasteiger partial charge in [0.1, 0.15) is 5.01 Å². The Labute approximate surface area is 119 Å². The van der Waals surface area contributed by atoms with Crippen LogP contribution in [0.15, 0.2) is 35.7 Å². The minimum atomic E-state index is 0.139. The Kier molecular flexibility index (Phi) is 4.38. The van der Waals surface area contributed by atoms with Crippen LogP contribution in [0.4, 0.5) is 0 Å². The second-order valence-corrected chi connectivity index (χ2v) is 6.83. The van der Waals surface area contributed by atoms with E-state index in [1.165, 1.54) is 11.3 Å². The van der Waals surface area contributed by atoms with Crippen molar-refractivity contribution >= 4 is 11.3 Å². The molecule has 1 atom stereocenters. The SMILES string of the molecule is C[C@@H](NCc1nc(C(C)(C)C)cs1)c1ccccc1. The largest absolute Gasteiger partial charge is 0.304 e. The minimum Gasteiger partial charge on any atom is -0.304 e. The Morgan fingerprint density at radius 2 is 1.89 bits per heavy atom. The van der Waals surface area contributed by atoms with E-state index in [4.69, 9.17) is 4.98 Å². The number of hydrogen-bond donors (Lipinski definition) is 1. The minimum absolute atomic E-state index is 0.139. The molecule has 0 saturated carbocycles. The molecule has 1 N–H and O–H groups in total. The van der Waals surface area contributed by atoms with Gasteiger partial charge >= 0.3 is 0 Å². The zero-order valence-electron chi connectivity index (χ0n) is 12.1. The van der Waals surface area contributed by atoms with Crippen LogP contribution in [0.2, 0.25) is 0 Å². The molecule has 1 heterocycles. The average molecular weight is 274 g/mol. The van der Waals surface area contributed by atoms with Crippen molar-refractivity contribution in [1.29, 1.82) is 0 Å². The van der Waals surface area contributed by atoms with Crippen LogP contribution < -0.4 is 5.32 Å². The molecule has 2 aromatic rings. The maximum Gasteiger partial charge on any atom is 0.107 e. The number of thiazole rings is 1. The molecule has 0 radical (unpaired) electrons. The Morgan fingerprint density at radius 1 is 1.21 bits per heavy atom. The van der Waals surface area contributed by atoms with Gasteiger partial charge in [-0.25, -0.2) is 4.98 Å². The summed E-state index contributed by atoms with van der Waals surface area (Å²) in [5.41, 5.74) is 2.64. The summed E-state index contributed by atoms with van der Waals surface area (Å²) in [6.45, 7) is 9.62. The van der Waals surface area contributed by atoms with Crippen molar-refractivity contribution < 1.29 is 0 Å². The summed E-state index contributed by atoms with van der Waals surface area (Å²) < 4.78 is 0. The summed E-state index contributed by atoms with van der Waals surface area (Å²) in [5.74, 6) is 0. The van der Waals surface area contributed by atoms with E-state index in [1.807, 2.05) is 6.07 Å². The van der Waals surface area contributed by atoms with Crippen LogP contribution in [0.5, 0.6) is 0 Å². The van der Waals surface area contributed by atoms with E-state index in [1.54, 1.807) is 11.3 Å². The number of benzene rings is 1. The van der Waals surface area contributed by atoms with Gasteiger partial charge in [0.25, 0.3) is 0 Å². The van der Waals surface area contributed by atoms with E-state index in [0.717, 1.165) is 11.6 Å². The highest BCUT2D eigenvalue weighted by atomic mass is 32.1. The molecule has 3 heteroatoms. The highest BCUT2D eigenvalue weighted by molar-refractivity contribution is 7.09. The van der Waals surface area contributed by atoms with Crippen molar-refractivity contribution in [2.45, 2.75) is 45.7 Å². The summed E-state index contributed by atoms with van der Waals surface area (Å²) in [7, 11) is 0. The number of rotatable bonds is 4. The van der Waals surface area contributed by atoms with Crippen LogP contribution in [0.1, 0.15) is 50.0 Å². The quantitative estimate of drug-likeness (QED) is 0.899. The van der Waals surface area contributed by atoms with Crippen LogP contribution in [0.3, 0.4) is 0 Å². The van der Waals surface area contributed by atoms with Crippen LogP contribution in [0.25, 0.3) is 0 Å². The fraction of sp³-hybridized carbons (Fsp3) is 0.438. The van der Waals surface area contributed by atoms with Gasteiger partial charge in [-0.1, -0.05) is 51.1 Å². The molecule has 0 saturated heterocycles. The second kappa shape index (κ2) is 5.85. The number of nitrogens with zero attached hydrogens (tertiary/aromatic N) is 1. The van der Waals surface area contributed by atoms with Crippen molar-refractivity contribution in [3.8, 4) is 0 Å². The summed E-state index contributed by atoms with van der Waals surface area (Å²) >= 11 is 1.74. The maximum absolute atomic E-state index is 4.70. The molecule has 0 aliphatic carbocycles. The lowest BCUT2D eigenvalue weighted by Gasteiger charge is -2.15. The number of hydrogen-bond acceptors (Lipinski definition) is 3. The molecule has 1 aromatic heterocycles. The van der Waals surface area contributed by atoms with E-state index in [2.05, 4.69) is 62.7 Å². The standard InChI is InChI=1S/C16H22N2S/c1-12(13-8-6-5-7-9-13)17-10-15-18-14(11-19-15)16(2,3)4/h5-9,11-12,17H,10H2,1-4H3/t12-/m1/s1. The highest BCUT2D eigenvalue weighted by Crippen LogP contribution is 2.24. The lowest BCUT2D eigenvalue weighted by molar-refractivity contribution is 0.554. The van der Waals surface area contributed by atoms with E-state index in [9.17, 15) is 0 Å². The third kappa shape index (κ3) is 3.88. The van der Waals surface area contributed by atoms with Crippen LogP contribution in [0, 0.1) is 0 Å². The van der Waals surface area contributed by atoms with Gasteiger partial charge in [-0.3, -0.25) is 0 Å². The molecule has 0 aliphatic rings. The van der Waals surface area contributed by atoms with E-state index < -0.39 is 0 Å². The van der Waals surface area contributed by atoms with Gasteiger partial charge in [-0.05, 0) is 12.5 Å². The van der Waals surface area contributed by atoms with Gasteiger partial charge in [0.05, 0.1) is 5.69 Å². The fourth-order valence-electron chi connectivity index (χ4n) is 1.84. The molecule has 0 spiro atoms. The normalized spacial score (nSPS) is 13.5. The van der Waals surface area contributed by atoms with Gasteiger partial charge in [0.2, 0.25) is 0 Å². The molecule has 2 rings (SSSR count). The van der Waals surface area contributed by atoms with Crippen molar-refractivity contribution in [3.05, 3.63) is 52.0 Å². The van der Waals surface area contributed by atoms with Crippen molar-refractivity contribution in [2.24, 2.45) is 0 Å². The topological polar surface area (TPSA) is 24.9 Å². The lowest BCUT2D eigenvalue weighted by atomic mass is 9.93. The molecule has 0 aliphatic heterocycles. The molecule has 19 heavy (non-hydrogen) atoms. The highest BCUT2D eigenvalue weighted by Gasteiger charge is 2.17. The zero-order chi connectivity index (χ0) is 13.9. The number of nitrogens with one attached hydrogen (secondary N) is 1. The Morgan fingerprint density at radius 3 is 2.47 bits per heavy atom. The molecule has 2 nitrogen and oxygen atoms in total. The Hall–Kier alpha value is -1.19. The van der Waals surface area contributed by atoms with Crippen molar-refractivity contribution in [1.82, 2.24) is 10.3 Å². The molecule has 102 valence electrons. The summed E-state index contributed by atoms with van der Waals surface area (Å²) in [6.07, 6.45) is 0. The average Bonchev–Trinajstić information content (AvgIpc) is 2.86. The second-order valence-electron chi connectivity index (χ2n) is 5.89. The fourth-order valence-corrected chi connectivity index (χ4v) is 2.81. The van der Waals surface area contributed by atoms with Crippen LogP contribution in [-0.2, 0) is 12.0 Å². The first-order valence-electron chi connectivity index (χ1n) is 6.70. The van der Waals surface area contributed by atoms with Gasteiger partial charge in [0.15, 0.2) is 0 Å². The van der Waals surface area contributed by atoms with Gasteiger partial charge < -0.3 is 5.32 Å². The molecule has 0 unspecified atom stereocenters. The molecular formula is C16H22N2S. The van der Waals surface area contributed by atoms with E-state index in [0.29, 0.717) is 6.04 Å². The van der Waals surface area contributed by atoms with Crippen LogP contribution >= 0.6 is 11.3 Å². The van der Waals surface area contributed by atoms with Gasteiger partial charge in [-0.2, -0.15) is 0 Å². The van der Waals surface area contributed by atoms with Crippen LogP contribution in [-0.4, -0.2) is 4.98 Å². The molecule has 1 aromatic carbocycles. The number of aromatic nitrogens is 1. The first-order chi connectivity index (χ1) is 8.97. The molecular weight excluding hydrogens is 252 g/mol. The zero-order valence-corrected chi connectivity index (χ0v) is 12.9. The Balaban J connectivity index is 1.94. The summed E-state index contributed by atoms with van der Waals surface area (Å²) in [5, 5.41) is 6.86. The van der Waals surface area contributed by atoms with E-state index >= 15 is 0 Å². The first-order valence-corrected chi connectivity index (χ1v) is 7.58. The predicted octanol–water partition coefficient (Wildman–Crippen LogP) is 4.29. The lowest BCUT2D eigenvalue weighted by Crippen LogP contribution is -2.18. The molecule has 0 bridgehead atoms. The first kappa shape index (κ1) is 14.2. The monoisotopic (exact) mass is 274 g/mol. The maximum atomic E-state index is 4.70. The van der Waals surface area contributed by atoms with Crippen molar-refractivity contribution in [2.75, 3.05) is 0 Å². The molecule has 0 amide bonds. The molecule has 0 fully saturated rings. The van der Waals surface area contributed by atoms with E-state index in [-0.39, 0.29) is 5.41 Å². The van der Waals surface area contributed by atoms with Gasteiger partial charge in [0, 0.05) is 23.4 Å². The summed E-state index contributed by atoms with van der Waals surface area (Å²) in [4.78, 5) is 4.70. The third-order valence-corrected chi connectivity index (χ3v) is 4.03. The predicted molar refractivity (Wildman–Crippen MR) is 82.5 cm³/mol.